The van der Waals surface area contributed by atoms with E-state index >= 15 is 0 Å². The van der Waals surface area contributed by atoms with E-state index in [1.165, 1.54) is 31.2 Å². The predicted molar refractivity (Wildman–Crippen MR) is 81.1 cm³/mol. The smallest absolute Gasteiger partial charge is 0.427 e. The van der Waals surface area contributed by atoms with Crippen molar-refractivity contribution in [3.63, 3.8) is 0 Å². The molecule has 0 fully saturated rings. The molecular weight excluding hydrogens is 385 g/mol. The van der Waals surface area contributed by atoms with Gasteiger partial charge in [-0.25, -0.2) is 13.4 Å². The molecule has 1 aromatic carbocycles. The summed E-state index contributed by atoms with van der Waals surface area (Å²) in [6.45, 7) is 1.17. The Morgan fingerprint density at radius 1 is 1.28 bits per heavy atom. The van der Waals surface area contributed by atoms with Gasteiger partial charge in [-0.3, -0.25) is 14.9 Å². The number of ether oxygens (including phenoxy) is 1. The highest BCUT2D eigenvalue weighted by molar-refractivity contribution is 7.94. The minimum atomic E-state index is -5.53. The maximum absolute atomic E-state index is 12.5. The van der Waals surface area contributed by atoms with Gasteiger partial charge in [0.05, 0.1) is 6.20 Å². The van der Waals surface area contributed by atoms with Crippen molar-refractivity contribution < 1.29 is 35.9 Å². The molecule has 1 heterocycles. The van der Waals surface area contributed by atoms with Gasteiger partial charge in [-0.2, -0.15) is 13.2 Å². The van der Waals surface area contributed by atoms with Crippen molar-refractivity contribution in [2.24, 2.45) is 0 Å². The Kier molecular flexibility index (Phi) is 5.13. The zero-order valence-corrected chi connectivity index (χ0v) is 14.0. The number of hydrogen-bond donors (Lipinski definition) is 1. The number of nitrogens with zero attached hydrogens (tertiary/aromatic N) is 1. The van der Waals surface area contributed by atoms with Gasteiger partial charge in [-0.05, 0) is 18.2 Å². The standard InChI is InChI=1S/C13H9F3N2O5S2/c1-7(19)23-9-4-2-3-8(5-9)11(20)18-12-17-6-10(24-12)25(21,22)13(14,15)16/h2-6H,1H3,(H,17,18,20). The number of rotatable bonds is 4. The van der Waals surface area contributed by atoms with Crippen molar-refractivity contribution in [1.29, 1.82) is 0 Å². The van der Waals surface area contributed by atoms with Crippen LogP contribution in [-0.2, 0) is 14.6 Å². The van der Waals surface area contributed by atoms with Crippen LogP contribution in [0.25, 0.3) is 0 Å². The number of alkyl halides is 3. The lowest BCUT2D eigenvalue weighted by Gasteiger charge is -2.05. The summed E-state index contributed by atoms with van der Waals surface area (Å²) >= 11 is 0.168. The minimum Gasteiger partial charge on any atom is -0.427 e. The molecule has 0 saturated heterocycles. The van der Waals surface area contributed by atoms with Crippen molar-refractivity contribution in [2.45, 2.75) is 16.6 Å². The quantitative estimate of drug-likeness (QED) is 0.632. The van der Waals surface area contributed by atoms with Crippen LogP contribution in [-0.4, -0.2) is 30.8 Å². The number of amides is 1. The molecule has 2 aromatic rings. The Morgan fingerprint density at radius 3 is 2.56 bits per heavy atom. The number of carbonyl (C=O) groups is 2. The number of esters is 1. The van der Waals surface area contributed by atoms with Gasteiger partial charge in [-0.1, -0.05) is 17.4 Å². The van der Waals surface area contributed by atoms with Crippen molar-refractivity contribution in [1.82, 2.24) is 4.98 Å². The molecule has 0 bridgehead atoms. The molecule has 0 saturated carbocycles. The van der Waals surface area contributed by atoms with Crippen molar-refractivity contribution >= 4 is 38.2 Å². The number of halogens is 3. The third kappa shape index (κ3) is 4.33. The fourth-order valence-electron chi connectivity index (χ4n) is 1.59. The molecule has 134 valence electrons. The van der Waals surface area contributed by atoms with Crippen LogP contribution in [0.5, 0.6) is 5.75 Å². The summed E-state index contributed by atoms with van der Waals surface area (Å²) in [5.74, 6) is -1.27. The van der Waals surface area contributed by atoms with Gasteiger partial charge < -0.3 is 4.74 Å². The lowest BCUT2D eigenvalue weighted by molar-refractivity contribution is -0.131. The lowest BCUT2D eigenvalue weighted by Crippen LogP contribution is -2.22. The van der Waals surface area contributed by atoms with Crippen LogP contribution in [0, 0.1) is 0 Å². The molecular formula is C13H9F3N2O5S2. The fraction of sp³-hybridized carbons (Fsp3) is 0.154. The summed E-state index contributed by atoms with van der Waals surface area (Å²) in [4.78, 5) is 26.4. The average molecular weight is 394 g/mol. The zero-order chi connectivity index (χ0) is 18.8. The molecule has 1 aromatic heterocycles. The highest BCUT2D eigenvalue weighted by atomic mass is 32.2. The molecule has 1 amide bonds. The molecule has 1 N–H and O–H groups in total. The summed E-state index contributed by atoms with van der Waals surface area (Å²) in [6.07, 6.45) is 0.512. The van der Waals surface area contributed by atoms with E-state index in [1.54, 1.807) is 0 Å². The van der Waals surface area contributed by atoms with E-state index in [1.807, 2.05) is 0 Å². The molecule has 7 nitrogen and oxygen atoms in total. The molecule has 25 heavy (non-hydrogen) atoms. The van der Waals surface area contributed by atoms with Gasteiger partial charge in [0.25, 0.3) is 15.7 Å². The van der Waals surface area contributed by atoms with Crippen LogP contribution in [0.1, 0.15) is 17.3 Å². The number of sulfone groups is 1. The molecule has 0 atom stereocenters. The molecule has 0 aliphatic rings. The molecule has 0 aliphatic carbocycles. The number of anilines is 1. The van der Waals surface area contributed by atoms with Crippen LogP contribution in [0.4, 0.5) is 18.3 Å². The number of carbonyl (C=O) groups excluding carboxylic acids is 2. The van der Waals surface area contributed by atoms with E-state index in [9.17, 15) is 31.2 Å². The van der Waals surface area contributed by atoms with Gasteiger partial charge in [0.15, 0.2) is 9.34 Å². The monoisotopic (exact) mass is 394 g/mol. The molecule has 0 unspecified atom stereocenters. The van der Waals surface area contributed by atoms with Gasteiger partial charge in [0.2, 0.25) is 0 Å². The predicted octanol–water partition coefficient (Wildman–Crippen LogP) is 2.61. The summed E-state index contributed by atoms with van der Waals surface area (Å²) in [6, 6.07) is 5.45. The van der Waals surface area contributed by atoms with Gasteiger partial charge in [-0.15, -0.1) is 0 Å². The van der Waals surface area contributed by atoms with E-state index in [2.05, 4.69) is 10.3 Å². The fourth-order valence-corrected chi connectivity index (χ4v) is 3.52. The Bertz CT molecular complexity index is 922. The van der Waals surface area contributed by atoms with Crippen LogP contribution in [0.2, 0.25) is 0 Å². The third-order valence-electron chi connectivity index (χ3n) is 2.63. The number of nitrogens with one attached hydrogen (secondary N) is 1. The van der Waals surface area contributed by atoms with E-state index in [0.29, 0.717) is 6.20 Å². The maximum atomic E-state index is 12.5. The van der Waals surface area contributed by atoms with Crippen molar-refractivity contribution in [3.05, 3.63) is 36.0 Å². The SMILES string of the molecule is CC(=O)Oc1cccc(C(=O)Nc2ncc(S(=O)(=O)C(F)(F)F)s2)c1. The van der Waals surface area contributed by atoms with Gasteiger partial charge in [0, 0.05) is 12.5 Å². The maximum Gasteiger partial charge on any atom is 0.502 e. The Balaban J connectivity index is 2.19. The first kappa shape index (κ1) is 18.9. The summed E-state index contributed by atoms with van der Waals surface area (Å²) in [5.41, 5.74) is -5.42. The first-order valence-electron chi connectivity index (χ1n) is 6.38. The van der Waals surface area contributed by atoms with E-state index in [-0.39, 0.29) is 27.8 Å². The molecule has 0 radical (unpaired) electrons. The normalized spacial score (nSPS) is 11.8. The number of thiazole rings is 1. The second-order valence-corrected chi connectivity index (χ2v) is 7.71. The van der Waals surface area contributed by atoms with Crippen molar-refractivity contribution in [3.8, 4) is 5.75 Å². The van der Waals surface area contributed by atoms with Crippen LogP contribution in [0.3, 0.4) is 0 Å². The van der Waals surface area contributed by atoms with Crippen molar-refractivity contribution in [2.75, 3.05) is 5.32 Å². The summed E-state index contributed by atoms with van der Waals surface area (Å²) in [5, 5.41) is 1.85. The number of aromatic nitrogens is 1. The van der Waals surface area contributed by atoms with E-state index < -0.39 is 31.4 Å². The summed E-state index contributed by atoms with van der Waals surface area (Å²) in [7, 11) is -5.53. The van der Waals surface area contributed by atoms with Crippen LogP contribution >= 0.6 is 11.3 Å². The average Bonchev–Trinajstić information content (AvgIpc) is 2.94. The Labute approximate surface area is 143 Å². The third-order valence-corrected chi connectivity index (χ3v) is 5.49. The molecule has 0 spiro atoms. The Morgan fingerprint density at radius 2 is 1.96 bits per heavy atom. The summed E-state index contributed by atoms with van der Waals surface area (Å²) < 4.78 is 63.7. The van der Waals surface area contributed by atoms with E-state index in [0.717, 1.165) is 0 Å². The topological polar surface area (TPSA) is 102 Å². The Hall–Kier alpha value is -2.47. The number of benzene rings is 1. The molecule has 12 heteroatoms. The first-order chi connectivity index (χ1) is 11.5. The number of hydrogen-bond acceptors (Lipinski definition) is 7. The highest BCUT2D eigenvalue weighted by Gasteiger charge is 2.48. The largest absolute Gasteiger partial charge is 0.502 e. The molecule has 2 rings (SSSR count). The molecule has 0 aliphatic heterocycles. The van der Waals surface area contributed by atoms with Gasteiger partial charge in [0.1, 0.15) is 5.75 Å². The van der Waals surface area contributed by atoms with Gasteiger partial charge >= 0.3 is 11.5 Å². The first-order valence-corrected chi connectivity index (χ1v) is 8.67. The highest BCUT2D eigenvalue weighted by Crippen LogP contribution is 2.34. The van der Waals surface area contributed by atoms with E-state index in [4.69, 9.17) is 4.74 Å². The van der Waals surface area contributed by atoms with Crippen LogP contribution < -0.4 is 10.1 Å². The lowest BCUT2D eigenvalue weighted by atomic mass is 10.2. The second kappa shape index (κ2) is 6.80. The minimum absolute atomic E-state index is 0.0363. The van der Waals surface area contributed by atoms with Crippen LogP contribution in [0.15, 0.2) is 34.7 Å². The zero-order valence-electron chi connectivity index (χ0n) is 12.3. The second-order valence-electron chi connectivity index (χ2n) is 4.51.